The Balaban J connectivity index is 1.40. The molecule has 0 unspecified atom stereocenters. The molecule has 5 saturated carbocycles. The highest BCUT2D eigenvalue weighted by molar-refractivity contribution is 5.75. The molecule has 0 radical (unpaired) electrons. The summed E-state index contributed by atoms with van der Waals surface area (Å²) in [5, 5.41) is 6.61. The Kier molecular flexibility index (Phi) is 2.78. The number of urea groups is 1. The lowest BCUT2D eigenvalue weighted by atomic mass is 9.53. The molecule has 0 aromatic rings. The summed E-state index contributed by atoms with van der Waals surface area (Å²) in [7, 11) is 0. The normalized spacial score (nSPS) is 44.5. The first-order chi connectivity index (χ1) is 9.21. The van der Waals surface area contributed by atoms with Crippen LogP contribution in [-0.4, -0.2) is 17.6 Å². The molecule has 2 N–H and O–H groups in total. The van der Waals surface area contributed by atoms with Crippen LogP contribution in [0.2, 0.25) is 0 Å². The fraction of sp³-hybridized carbons (Fsp3) is 0.938. The van der Waals surface area contributed by atoms with Gasteiger partial charge in [0.2, 0.25) is 0 Å². The van der Waals surface area contributed by atoms with Gasteiger partial charge in [0.1, 0.15) is 0 Å². The van der Waals surface area contributed by atoms with Crippen LogP contribution < -0.4 is 10.6 Å². The Morgan fingerprint density at radius 3 is 1.95 bits per heavy atom. The van der Waals surface area contributed by atoms with Gasteiger partial charge in [-0.25, -0.2) is 4.79 Å². The SMILES string of the molecule is O=C(NC1CCCC1)NC12CC3CC(CC(C3)C1)C2. The van der Waals surface area contributed by atoms with E-state index in [0.717, 1.165) is 17.8 Å². The van der Waals surface area contributed by atoms with Crippen molar-refractivity contribution in [1.29, 1.82) is 0 Å². The van der Waals surface area contributed by atoms with E-state index in [0.29, 0.717) is 6.04 Å². The van der Waals surface area contributed by atoms with E-state index < -0.39 is 0 Å². The van der Waals surface area contributed by atoms with Gasteiger partial charge >= 0.3 is 6.03 Å². The van der Waals surface area contributed by atoms with E-state index in [1.807, 2.05) is 0 Å². The molecule has 5 rings (SSSR count). The third-order valence-corrected chi connectivity index (χ3v) is 6.11. The summed E-state index contributed by atoms with van der Waals surface area (Å²) in [5.41, 5.74) is 0.164. The first-order valence-electron chi connectivity index (χ1n) is 8.29. The summed E-state index contributed by atoms with van der Waals surface area (Å²) < 4.78 is 0. The van der Waals surface area contributed by atoms with E-state index in [9.17, 15) is 4.79 Å². The van der Waals surface area contributed by atoms with Crippen molar-refractivity contribution in [1.82, 2.24) is 10.6 Å². The number of hydrogen-bond donors (Lipinski definition) is 2. The molecule has 0 aromatic carbocycles. The highest BCUT2D eigenvalue weighted by Gasteiger charge is 2.51. The standard InChI is InChI=1S/C16H26N2O/c19-15(17-14-3-1-2-4-14)18-16-8-11-5-12(9-16)7-13(6-11)10-16/h11-14H,1-10H2,(H2,17,18,19). The fourth-order valence-electron chi connectivity index (χ4n) is 5.80. The van der Waals surface area contributed by atoms with E-state index in [-0.39, 0.29) is 11.6 Å². The van der Waals surface area contributed by atoms with Gasteiger partial charge in [0, 0.05) is 11.6 Å². The number of rotatable bonds is 2. The van der Waals surface area contributed by atoms with Crippen molar-refractivity contribution in [2.45, 2.75) is 75.8 Å². The summed E-state index contributed by atoms with van der Waals surface area (Å²) >= 11 is 0. The summed E-state index contributed by atoms with van der Waals surface area (Å²) in [6.45, 7) is 0. The molecule has 0 aromatic heterocycles. The summed E-state index contributed by atoms with van der Waals surface area (Å²) in [6.07, 6.45) is 13.0. The molecule has 19 heavy (non-hydrogen) atoms. The number of carbonyl (C=O) groups excluding carboxylic acids is 1. The minimum Gasteiger partial charge on any atom is -0.335 e. The van der Waals surface area contributed by atoms with Crippen molar-refractivity contribution in [3.8, 4) is 0 Å². The molecule has 0 spiro atoms. The van der Waals surface area contributed by atoms with Crippen molar-refractivity contribution >= 4 is 6.03 Å². The molecule has 5 aliphatic rings. The van der Waals surface area contributed by atoms with Gasteiger partial charge in [-0.2, -0.15) is 0 Å². The van der Waals surface area contributed by atoms with Crippen LogP contribution in [-0.2, 0) is 0 Å². The van der Waals surface area contributed by atoms with Crippen LogP contribution in [0.25, 0.3) is 0 Å². The second-order valence-corrected chi connectivity index (χ2v) is 7.78. The van der Waals surface area contributed by atoms with E-state index in [4.69, 9.17) is 0 Å². The lowest BCUT2D eigenvalue weighted by molar-refractivity contribution is -0.0136. The zero-order valence-electron chi connectivity index (χ0n) is 11.8. The minimum atomic E-state index is 0.119. The molecule has 3 heteroatoms. The number of hydrogen-bond acceptors (Lipinski definition) is 1. The average Bonchev–Trinajstić information content (AvgIpc) is 2.78. The maximum atomic E-state index is 12.3. The quantitative estimate of drug-likeness (QED) is 0.788. The van der Waals surface area contributed by atoms with Crippen LogP contribution in [0.3, 0.4) is 0 Å². The molecule has 3 nitrogen and oxygen atoms in total. The van der Waals surface area contributed by atoms with Crippen LogP contribution in [0.1, 0.15) is 64.2 Å². The maximum absolute atomic E-state index is 12.3. The molecule has 0 heterocycles. The van der Waals surface area contributed by atoms with Gasteiger partial charge in [0.25, 0.3) is 0 Å². The second-order valence-electron chi connectivity index (χ2n) is 7.78. The highest BCUT2D eigenvalue weighted by atomic mass is 16.2. The Labute approximate surface area is 115 Å². The van der Waals surface area contributed by atoms with Crippen LogP contribution >= 0.6 is 0 Å². The van der Waals surface area contributed by atoms with E-state index in [1.165, 1.54) is 64.2 Å². The molecule has 0 atom stereocenters. The molecule has 0 aliphatic heterocycles. The van der Waals surface area contributed by atoms with Gasteiger partial charge in [-0.3, -0.25) is 0 Å². The molecule has 4 bridgehead atoms. The third kappa shape index (κ3) is 2.25. The smallest absolute Gasteiger partial charge is 0.315 e. The molecule has 5 fully saturated rings. The van der Waals surface area contributed by atoms with Gasteiger partial charge in [0.15, 0.2) is 0 Å². The Morgan fingerprint density at radius 1 is 0.895 bits per heavy atom. The van der Waals surface area contributed by atoms with Gasteiger partial charge in [-0.1, -0.05) is 12.8 Å². The number of amides is 2. The van der Waals surface area contributed by atoms with Gasteiger partial charge in [-0.15, -0.1) is 0 Å². The second kappa shape index (κ2) is 4.39. The lowest BCUT2D eigenvalue weighted by Crippen LogP contribution is -2.62. The third-order valence-electron chi connectivity index (χ3n) is 6.11. The van der Waals surface area contributed by atoms with E-state index in [2.05, 4.69) is 10.6 Å². The highest BCUT2D eigenvalue weighted by Crippen LogP contribution is 2.55. The Bertz CT molecular complexity index is 338. The minimum absolute atomic E-state index is 0.119. The van der Waals surface area contributed by atoms with Gasteiger partial charge in [-0.05, 0) is 69.1 Å². The van der Waals surface area contributed by atoms with Crippen molar-refractivity contribution in [2.75, 3.05) is 0 Å². The van der Waals surface area contributed by atoms with E-state index >= 15 is 0 Å². The lowest BCUT2D eigenvalue weighted by Gasteiger charge is -2.56. The van der Waals surface area contributed by atoms with Gasteiger partial charge in [0.05, 0.1) is 0 Å². The number of nitrogens with one attached hydrogen (secondary N) is 2. The topological polar surface area (TPSA) is 41.1 Å². The summed E-state index contributed by atoms with van der Waals surface area (Å²) in [4.78, 5) is 12.3. The zero-order chi connectivity index (χ0) is 12.9. The van der Waals surface area contributed by atoms with Crippen molar-refractivity contribution in [2.24, 2.45) is 17.8 Å². The largest absolute Gasteiger partial charge is 0.335 e. The van der Waals surface area contributed by atoms with E-state index in [1.54, 1.807) is 0 Å². The average molecular weight is 262 g/mol. The van der Waals surface area contributed by atoms with Crippen molar-refractivity contribution in [3.05, 3.63) is 0 Å². The van der Waals surface area contributed by atoms with Crippen molar-refractivity contribution in [3.63, 3.8) is 0 Å². The number of carbonyl (C=O) groups is 1. The maximum Gasteiger partial charge on any atom is 0.315 e. The van der Waals surface area contributed by atoms with Crippen LogP contribution in [0.5, 0.6) is 0 Å². The predicted molar refractivity (Wildman–Crippen MR) is 74.8 cm³/mol. The molecule has 5 aliphatic carbocycles. The van der Waals surface area contributed by atoms with Gasteiger partial charge < -0.3 is 10.6 Å². The Hall–Kier alpha value is -0.730. The molecule has 2 amide bonds. The summed E-state index contributed by atoms with van der Waals surface area (Å²) in [5.74, 6) is 2.70. The Morgan fingerprint density at radius 2 is 1.42 bits per heavy atom. The van der Waals surface area contributed by atoms with Crippen LogP contribution in [0.4, 0.5) is 4.79 Å². The van der Waals surface area contributed by atoms with Crippen molar-refractivity contribution < 1.29 is 4.79 Å². The van der Waals surface area contributed by atoms with Crippen LogP contribution in [0.15, 0.2) is 0 Å². The molecule has 0 saturated heterocycles. The summed E-state index contributed by atoms with van der Waals surface area (Å²) in [6, 6.07) is 0.558. The monoisotopic (exact) mass is 262 g/mol. The molecule has 106 valence electrons. The predicted octanol–water partition coefficient (Wildman–Crippen LogP) is 3.20. The van der Waals surface area contributed by atoms with Crippen LogP contribution in [0, 0.1) is 17.8 Å². The molecular weight excluding hydrogens is 236 g/mol. The fourth-order valence-corrected chi connectivity index (χ4v) is 5.80. The zero-order valence-corrected chi connectivity index (χ0v) is 11.8. The first-order valence-corrected chi connectivity index (χ1v) is 8.29. The first kappa shape index (κ1) is 12.0. The molecular formula is C16H26N2O.